The number of aryl methyl sites for hydroxylation is 2. The summed E-state index contributed by atoms with van der Waals surface area (Å²) in [6.45, 7) is 5.01. The lowest BCUT2D eigenvalue weighted by Crippen LogP contribution is -2.52. The van der Waals surface area contributed by atoms with E-state index < -0.39 is 34.3 Å². The van der Waals surface area contributed by atoms with E-state index >= 15 is 0 Å². The van der Waals surface area contributed by atoms with Crippen LogP contribution in [0, 0.1) is 19.7 Å². The minimum Gasteiger partial charge on any atom is -0.352 e. The predicted molar refractivity (Wildman–Crippen MR) is 154 cm³/mol. The molecule has 4 rings (SSSR count). The van der Waals surface area contributed by atoms with Crippen LogP contribution in [0.1, 0.15) is 49.3 Å². The Labute approximate surface area is 236 Å². The summed E-state index contributed by atoms with van der Waals surface area (Å²) in [5, 5.41) is 3.06. The number of nitrogens with one attached hydrogen (secondary N) is 1. The fraction of sp³-hybridized carbons (Fsp3) is 0.355. The van der Waals surface area contributed by atoms with Gasteiger partial charge in [-0.15, -0.1) is 0 Å². The third-order valence-electron chi connectivity index (χ3n) is 7.31. The molecule has 0 unspecified atom stereocenters. The second-order valence-electron chi connectivity index (χ2n) is 10.5. The highest BCUT2D eigenvalue weighted by molar-refractivity contribution is 7.92. The van der Waals surface area contributed by atoms with Gasteiger partial charge in [0.2, 0.25) is 11.8 Å². The van der Waals surface area contributed by atoms with Crippen LogP contribution in [0.3, 0.4) is 0 Å². The summed E-state index contributed by atoms with van der Waals surface area (Å²) >= 11 is 0. The van der Waals surface area contributed by atoms with Crippen molar-refractivity contribution in [3.63, 3.8) is 0 Å². The molecule has 0 aliphatic heterocycles. The molecule has 1 fully saturated rings. The van der Waals surface area contributed by atoms with Crippen LogP contribution in [0.5, 0.6) is 0 Å². The number of amides is 2. The van der Waals surface area contributed by atoms with Gasteiger partial charge < -0.3 is 10.2 Å². The highest BCUT2D eigenvalue weighted by Gasteiger charge is 2.33. The van der Waals surface area contributed by atoms with Crippen LogP contribution in [-0.2, 0) is 26.2 Å². The van der Waals surface area contributed by atoms with Gasteiger partial charge in [-0.05, 0) is 75.6 Å². The van der Waals surface area contributed by atoms with E-state index in [0.29, 0.717) is 0 Å². The Bertz CT molecular complexity index is 1440. The van der Waals surface area contributed by atoms with Crippen LogP contribution in [0.15, 0.2) is 77.7 Å². The van der Waals surface area contributed by atoms with Gasteiger partial charge in [-0.25, -0.2) is 12.8 Å². The molecule has 1 aliphatic rings. The quantitative estimate of drug-likeness (QED) is 0.370. The van der Waals surface area contributed by atoms with Gasteiger partial charge in [-0.2, -0.15) is 0 Å². The molecule has 9 heteroatoms. The third kappa shape index (κ3) is 7.07. The zero-order valence-corrected chi connectivity index (χ0v) is 24.0. The van der Waals surface area contributed by atoms with Gasteiger partial charge in [-0.3, -0.25) is 13.9 Å². The summed E-state index contributed by atoms with van der Waals surface area (Å²) < 4.78 is 42.3. The van der Waals surface area contributed by atoms with E-state index in [-0.39, 0.29) is 29.1 Å². The fourth-order valence-corrected chi connectivity index (χ4v) is 6.37. The fourth-order valence-electron chi connectivity index (χ4n) is 4.96. The molecule has 0 bridgehead atoms. The second-order valence-corrected chi connectivity index (χ2v) is 12.3. The summed E-state index contributed by atoms with van der Waals surface area (Å²) in [7, 11) is -4.19. The van der Waals surface area contributed by atoms with Crippen molar-refractivity contribution in [2.24, 2.45) is 0 Å². The Morgan fingerprint density at radius 1 is 0.950 bits per heavy atom. The van der Waals surface area contributed by atoms with Crippen molar-refractivity contribution >= 4 is 27.5 Å². The van der Waals surface area contributed by atoms with E-state index in [1.54, 1.807) is 19.1 Å². The van der Waals surface area contributed by atoms with Crippen LogP contribution in [0.25, 0.3) is 0 Å². The first-order chi connectivity index (χ1) is 19.0. The molecular formula is C31H36FN3O4S. The lowest BCUT2D eigenvalue weighted by Gasteiger charge is -2.32. The third-order valence-corrected chi connectivity index (χ3v) is 9.09. The highest BCUT2D eigenvalue weighted by atomic mass is 32.2. The normalized spacial score (nSPS) is 14.5. The summed E-state index contributed by atoms with van der Waals surface area (Å²) in [4.78, 5) is 28.7. The molecule has 0 saturated heterocycles. The molecule has 0 spiro atoms. The number of rotatable bonds is 10. The molecule has 1 saturated carbocycles. The summed E-state index contributed by atoms with van der Waals surface area (Å²) in [6.07, 6.45) is 3.90. The standard InChI is InChI=1S/C31H36FN3O4S/c1-22-11-17-29(18-12-22)40(38,39)35(28-15-13-26(32)14-16-28)21-30(36)34(20-25-8-6-7-23(2)19-25)24(3)31(37)33-27-9-4-5-10-27/h6-8,11-19,24,27H,4-5,9-10,20-21H2,1-3H3,(H,33,37)/t24-/m0/s1. The first-order valence-electron chi connectivity index (χ1n) is 13.5. The summed E-state index contributed by atoms with van der Waals surface area (Å²) in [5.74, 6) is -1.35. The first kappa shape index (κ1) is 29.3. The van der Waals surface area contributed by atoms with Crippen LogP contribution < -0.4 is 9.62 Å². The van der Waals surface area contributed by atoms with Crippen LogP contribution >= 0.6 is 0 Å². The lowest BCUT2D eigenvalue weighted by atomic mass is 10.1. The zero-order chi connectivity index (χ0) is 28.9. The number of hydrogen-bond acceptors (Lipinski definition) is 4. The molecule has 1 aliphatic carbocycles. The van der Waals surface area contributed by atoms with E-state index in [0.717, 1.165) is 58.8 Å². The molecule has 0 aromatic heterocycles. The Morgan fingerprint density at radius 2 is 1.60 bits per heavy atom. The molecule has 1 N–H and O–H groups in total. The van der Waals surface area contributed by atoms with Crippen molar-refractivity contribution in [3.05, 3.63) is 95.3 Å². The van der Waals surface area contributed by atoms with Gasteiger partial charge in [-0.1, -0.05) is 60.4 Å². The number of benzene rings is 3. The Hall–Kier alpha value is -3.72. The molecule has 0 radical (unpaired) electrons. The topological polar surface area (TPSA) is 86.8 Å². The van der Waals surface area contributed by atoms with Gasteiger partial charge >= 0.3 is 0 Å². The van der Waals surface area contributed by atoms with E-state index in [4.69, 9.17) is 0 Å². The molecule has 0 heterocycles. The maximum absolute atomic E-state index is 14.0. The van der Waals surface area contributed by atoms with Crippen molar-refractivity contribution in [3.8, 4) is 0 Å². The van der Waals surface area contributed by atoms with E-state index in [1.165, 1.54) is 29.2 Å². The number of hydrogen-bond donors (Lipinski definition) is 1. The lowest BCUT2D eigenvalue weighted by molar-refractivity contribution is -0.139. The molecule has 3 aromatic carbocycles. The van der Waals surface area contributed by atoms with Crippen molar-refractivity contribution in [2.45, 2.75) is 70.0 Å². The highest BCUT2D eigenvalue weighted by Crippen LogP contribution is 2.25. The van der Waals surface area contributed by atoms with E-state index in [9.17, 15) is 22.4 Å². The number of halogens is 1. The van der Waals surface area contributed by atoms with Crippen molar-refractivity contribution < 1.29 is 22.4 Å². The van der Waals surface area contributed by atoms with Crippen LogP contribution in [0.2, 0.25) is 0 Å². The van der Waals surface area contributed by atoms with Gasteiger partial charge in [0.05, 0.1) is 10.6 Å². The molecule has 7 nitrogen and oxygen atoms in total. The van der Waals surface area contributed by atoms with Crippen molar-refractivity contribution in [2.75, 3.05) is 10.8 Å². The smallest absolute Gasteiger partial charge is 0.264 e. The van der Waals surface area contributed by atoms with Crippen molar-refractivity contribution in [1.29, 1.82) is 0 Å². The minimum absolute atomic E-state index is 0.00693. The van der Waals surface area contributed by atoms with Gasteiger partial charge in [0.1, 0.15) is 18.4 Å². The Morgan fingerprint density at radius 3 is 2.23 bits per heavy atom. The van der Waals surface area contributed by atoms with Gasteiger partial charge in [0.15, 0.2) is 0 Å². The Balaban J connectivity index is 1.68. The zero-order valence-electron chi connectivity index (χ0n) is 23.1. The van der Waals surface area contributed by atoms with Gasteiger partial charge in [0, 0.05) is 12.6 Å². The molecule has 212 valence electrons. The van der Waals surface area contributed by atoms with E-state index in [2.05, 4.69) is 5.32 Å². The SMILES string of the molecule is Cc1ccc(S(=O)(=O)N(CC(=O)N(Cc2cccc(C)c2)[C@@H](C)C(=O)NC2CCCC2)c2ccc(F)cc2)cc1. The van der Waals surface area contributed by atoms with Crippen molar-refractivity contribution in [1.82, 2.24) is 10.2 Å². The molecule has 40 heavy (non-hydrogen) atoms. The number of sulfonamides is 1. The molecule has 3 aromatic rings. The number of nitrogens with zero attached hydrogens (tertiary/aromatic N) is 2. The minimum atomic E-state index is -4.19. The predicted octanol–water partition coefficient (Wildman–Crippen LogP) is 5.11. The van der Waals surface area contributed by atoms with E-state index in [1.807, 2.05) is 38.1 Å². The maximum Gasteiger partial charge on any atom is 0.264 e. The number of anilines is 1. The Kier molecular flexibility index (Phi) is 9.25. The number of carbonyl (C=O) groups excluding carboxylic acids is 2. The average Bonchev–Trinajstić information content (AvgIpc) is 3.44. The average molecular weight is 566 g/mol. The summed E-state index contributed by atoms with van der Waals surface area (Å²) in [6, 6.07) is 18.1. The molecule has 2 amide bonds. The second kappa shape index (κ2) is 12.6. The number of carbonyl (C=O) groups is 2. The first-order valence-corrected chi connectivity index (χ1v) is 15.0. The monoisotopic (exact) mass is 565 g/mol. The molecule has 1 atom stereocenters. The largest absolute Gasteiger partial charge is 0.352 e. The van der Waals surface area contributed by atoms with Crippen LogP contribution in [0.4, 0.5) is 10.1 Å². The summed E-state index contributed by atoms with van der Waals surface area (Å²) in [5.41, 5.74) is 2.86. The molecular weight excluding hydrogens is 529 g/mol. The van der Waals surface area contributed by atoms with Gasteiger partial charge in [0.25, 0.3) is 10.0 Å². The van der Waals surface area contributed by atoms with Crippen LogP contribution in [-0.4, -0.2) is 43.8 Å². The maximum atomic E-state index is 14.0.